The molecule has 1 aliphatic heterocycles. The molecule has 3 aromatic rings. The highest BCUT2D eigenvalue weighted by Gasteiger charge is 2.16. The maximum atomic E-state index is 12.2. The Kier molecular flexibility index (Phi) is 5.60. The summed E-state index contributed by atoms with van der Waals surface area (Å²) in [5.74, 6) is 2.48. The molecule has 0 radical (unpaired) electrons. The van der Waals surface area contributed by atoms with Crippen molar-refractivity contribution in [1.82, 2.24) is 14.8 Å². The summed E-state index contributed by atoms with van der Waals surface area (Å²) in [6, 6.07) is 13.5. The summed E-state index contributed by atoms with van der Waals surface area (Å²) in [6.07, 6.45) is 4.56. The molecule has 1 aliphatic rings. The van der Waals surface area contributed by atoms with Crippen molar-refractivity contribution in [3.05, 3.63) is 59.4 Å². The molecule has 29 heavy (non-hydrogen) atoms. The van der Waals surface area contributed by atoms with Crippen molar-refractivity contribution in [1.29, 1.82) is 0 Å². The summed E-state index contributed by atoms with van der Waals surface area (Å²) >= 11 is 0. The number of nitrogens with one attached hydrogen (secondary N) is 1. The van der Waals surface area contributed by atoms with E-state index in [1.165, 1.54) is 18.4 Å². The van der Waals surface area contributed by atoms with Gasteiger partial charge in [-0.2, -0.15) is 0 Å². The lowest BCUT2D eigenvalue weighted by Gasteiger charge is -2.10. The van der Waals surface area contributed by atoms with Crippen molar-refractivity contribution in [2.45, 2.75) is 46.1 Å². The number of benzene rings is 2. The second-order valence-corrected chi connectivity index (χ2v) is 7.56. The largest absolute Gasteiger partial charge is 0.484 e. The van der Waals surface area contributed by atoms with E-state index in [2.05, 4.69) is 20.1 Å². The first-order valence-electron chi connectivity index (χ1n) is 10.1. The Labute approximate surface area is 170 Å². The minimum Gasteiger partial charge on any atom is -0.484 e. The molecule has 0 bridgehead atoms. The van der Waals surface area contributed by atoms with Crippen LogP contribution in [0, 0.1) is 13.8 Å². The molecule has 4 rings (SSSR count). The second-order valence-electron chi connectivity index (χ2n) is 7.56. The lowest BCUT2D eigenvalue weighted by atomic mass is 10.1. The number of rotatable bonds is 5. The molecule has 0 saturated carbocycles. The van der Waals surface area contributed by atoms with Gasteiger partial charge < -0.3 is 14.6 Å². The number of amides is 1. The van der Waals surface area contributed by atoms with Crippen molar-refractivity contribution in [3.8, 4) is 17.1 Å². The number of aryl methyl sites for hydroxylation is 3. The zero-order valence-electron chi connectivity index (χ0n) is 16.9. The standard InChI is InChI=1S/C23H26N4O2/c1-16-7-12-20(14-17(16)2)29-15-22(28)24-19-10-8-18(9-11-19)23-26-25-21-6-4-3-5-13-27(21)23/h7-12,14H,3-6,13,15H2,1-2H3,(H,24,28). The van der Waals surface area contributed by atoms with E-state index in [4.69, 9.17) is 4.74 Å². The summed E-state index contributed by atoms with van der Waals surface area (Å²) in [7, 11) is 0. The average Bonchev–Trinajstić information content (AvgIpc) is 2.97. The SMILES string of the molecule is Cc1ccc(OCC(=O)Nc2ccc(-c3nnc4n3CCCCC4)cc2)cc1C. The van der Waals surface area contributed by atoms with E-state index in [-0.39, 0.29) is 12.5 Å². The highest BCUT2D eigenvalue weighted by atomic mass is 16.5. The summed E-state index contributed by atoms with van der Waals surface area (Å²) in [5.41, 5.74) is 4.09. The number of carbonyl (C=O) groups excluding carboxylic acids is 1. The Morgan fingerprint density at radius 3 is 2.66 bits per heavy atom. The predicted molar refractivity (Wildman–Crippen MR) is 113 cm³/mol. The van der Waals surface area contributed by atoms with Gasteiger partial charge in [-0.1, -0.05) is 12.5 Å². The Morgan fingerprint density at radius 1 is 1.03 bits per heavy atom. The smallest absolute Gasteiger partial charge is 0.262 e. The number of ether oxygens (including phenoxy) is 1. The van der Waals surface area contributed by atoms with Gasteiger partial charge in [-0.05, 0) is 74.2 Å². The van der Waals surface area contributed by atoms with Gasteiger partial charge in [0.05, 0.1) is 0 Å². The number of carbonyl (C=O) groups is 1. The van der Waals surface area contributed by atoms with E-state index in [9.17, 15) is 4.79 Å². The zero-order valence-corrected chi connectivity index (χ0v) is 16.9. The molecule has 6 nitrogen and oxygen atoms in total. The van der Waals surface area contributed by atoms with E-state index in [0.717, 1.165) is 47.8 Å². The van der Waals surface area contributed by atoms with Crippen molar-refractivity contribution < 1.29 is 9.53 Å². The maximum Gasteiger partial charge on any atom is 0.262 e. The topological polar surface area (TPSA) is 69.0 Å². The van der Waals surface area contributed by atoms with Crippen molar-refractivity contribution in [3.63, 3.8) is 0 Å². The van der Waals surface area contributed by atoms with Gasteiger partial charge in [0.2, 0.25) is 0 Å². The first kappa shape index (κ1) is 19.2. The van der Waals surface area contributed by atoms with Gasteiger partial charge in [-0.25, -0.2) is 0 Å². The fourth-order valence-electron chi connectivity index (χ4n) is 3.55. The maximum absolute atomic E-state index is 12.2. The third-order valence-corrected chi connectivity index (χ3v) is 5.38. The Morgan fingerprint density at radius 2 is 1.86 bits per heavy atom. The van der Waals surface area contributed by atoms with E-state index < -0.39 is 0 Å². The second kappa shape index (κ2) is 8.47. The number of hydrogen-bond donors (Lipinski definition) is 1. The summed E-state index contributed by atoms with van der Waals surface area (Å²) in [5, 5.41) is 11.6. The molecular formula is C23H26N4O2. The molecule has 0 spiro atoms. The number of nitrogens with zero attached hydrogens (tertiary/aromatic N) is 3. The quantitative estimate of drug-likeness (QED) is 0.705. The molecule has 150 valence electrons. The van der Waals surface area contributed by atoms with E-state index in [1.54, 1.807) is 0 Å². The molecule has 2 heterocycles. The van der Waals surface area contributed by atoms with Crippen molar-refractivity contribution >= 4 is 11.6 Å². The van der Waals surface area contributed by atoms with Crippen LogP contribution >= 0.6 is 0 Å². The highest BCUT2D eigenvalue weighted by Crippen LogP contribution is 2.24. The van der Waals surface area contributed by atoms with Crippen molar-refractivity contribution in [2.75, 3.05) is 11.9 Å². The minimum absolute atomic E-state index is 0.0259. The number of fused-ring (bicyclic) bond motifs is 1. The molecule has 1 amide bonds. The van der Waals surface area contributed by atoms with E-state index in [0.29, 0.717) is 5.75 Å². The predicted octanol–water partition coefficient (Wildman–Crippen LogP) is 4.31. The molecule has 2 aromatic carbocycles. The summed E-state index contributed by atoms with van der Waals surface area (Å²) in [6.45, 7) is 5.01. The number of anilines is 1. The normalized spacial score (nSPS) is 13.4. The van der Waals surface area contributed by atoms with Gasteiger partial charge in [0, 0.05) is 24.2 Å². The van der Waals surface area contributed by atoms with Gasteiger partial charge in [-0.15, -0.1) is 10.2 Å². The van der Waals surface area contributed by atoms with E-state index >= 15 is 0 Å². The highest BCUT2D eigenvalue weighted by molar-refractivity contribution is 5.92. The number of aromatic nitrogens is 3. The Balaban J connectivity index is 1.37. The van der Waals surface area contributed by atoms with Crippen LogP contribution < -0.4 is 10.1 Å². The molecule has 0 fully saturated rings. The molecule has 1 aromatic heterocycles. The Hall–Kier alpha value is -3.15. The van der Waals surface area contributed by atoms with Gasteiger partial charge in [0.1, 0.15) is 11.6 Å². The fraction of sp³-hybridized carbons (Fsp3) is 0.348. The third-order valence-electron chi connectivity index (χ3n) is 5.38. The van der Waals surface area contributed by atoms with E-state index in [1.807, 2.05) is 56.3 Å². The summed E-state index contributed by atoms with van der Waals surface area (Å²) in [4.78, 5) is 12.2. The van der Waals surface area contributed by atoms with Crippen LogP contribution in [0.3, 0.4) is 0 Å². The zero-order chi connectivity index (χ0) is 20.2. The molecule has 1 N–H and O–H groups in total. The van der Waals surface area contributed by atoms with Crippen LogP contribution in [0.25, 0.3) is 11.4 Å². The van der Waals surface area contributed by atoms with Crippen LogP contribution in [0.15, 0.2) is 42.5 Å². The lowest BCUT2D eigenvalue weighted by Crippen LogP contribution is -2.20. The van der Waals surface area contributed by atoms with Crippen LogP contribution in [-0.2, 0) is 17.8 Å². The molecule has 0 atom stereocenters. The van der Waals surface area contributed by atoms with Crippen molar-refractivity contribution in [2.24, 2.45) is 0 Å². The first-order valence-corrected chi connectivity index (χ1v) is 10.1. The van der Waals surface area contributed by atoms with Crippen LogP contribution in [0.2, 0.25) is 0 Å². The molecule has 6 heteroatoms. The molecule has 0 aliphatic carbocycles. The fourth-order valence-corrected chi connectivity index (χ4v) is 3.55. The van der Waals surface area contributed by atoms with Gasteiger partial charge in [0.15, 0.2) is 12.4 Å². The average molecular weight is 390 g/mol. The van der Waals surface area contributed by atoms with Crippen LogP contribution in [0.5, 0.6) is 5.75 Å². The van der Waals surface area contributed by atoms with Gasteiger partial charge in [-0.3, -0.25) is 4.79 Å². The molecular weight excluding hydrogens is 364 g/mol. The first-order chi connectivity index (χ1) is 14.1. The number of hydrogen-bond acceptors (Lipinski definition) is 4. The van der Waals surface area contributed by atoms with Crippen LogP contribution in [0.4, 0.5) is 5.69 Å². The summed E-state index contributed by atoms with van der Waals surface area (Å²) < 4.78 is 7.82. The van der Waals surface area contributed by atoms with Gasteiger partial charge >= 0.3 is 0 Å². The molecule has 0 saturated heterocycles. The lowest BCUT2D eigenvalue weighted by molar-refractivity contribution is -0.118. The van der Waals surface area contributed by atoms with Gasteiger partial charge in [0.25, 0.3) is 5.91 Å². The van der Waals surface area contributed by atoms with Crippen LogP contribution in [0.1, 0.15) is 36.2 Å². The minimum atomic E-state index is -0.188. The monoisotopic (exact) mass is 390 g/mol. The van der Waals surface area contributed by atoms with Crippen LogP contribution in [-0.4, -0.2) is 27.3 Å². The molecule has 0 unspecified atom stereocenters. The Bertz CT molecular complexity index is 1010. The third kappa shape index (κ3) is 4.47.